The zero-order valence-corrected chi connectivity index (χ0v) is 18.7. The fourth-order valence-corrected chi connectivity index (χ4v) is 4.05. The SMILES string of the molecule is CCc1ccnc(Nc2nc(Nc3ccn4ccnc4c3)cc(N3C[C@@H](C)[C@H](C)C3)n2)c1. The van der Waals surface area contributed by atoms with Crippen molar-refractivity contribution < 1.29 is 0 Å². The lowest BCUT2D eigenvalue weighted by Gasteiger charge is -2.19. The smallest absolute Gasteiger partial charge is 0.232 e. The summed E-state index contributed by atoms with van der Waals surface area (Å²) in [5, 5.41) is 6.73. The van der Waals surface area contributed by atoms with Crippen molar-refractivity contribution >= 4 is 34.7 Å². The van der Waals surface area contributed by atoms with Crippen molar-refractivity contribution in [3.8, 4) is 0 Å². The normalized spacial score (nSPS) is 18.3. The highest BCUT2D eigenvalue weighted by molar-refractivity contribution is 5.66. The van der Waals surface area contributed by atoms with Gasteiger partial charge >= 0.3 is 0 Å². The van der Waals surface area contributed by atoms with Crippen LogP contribution in [0.2, 0.25) is 0 Å². The molecule has 1 aliphatic heterocycles. The van der Waals surface area contributed by atoms with Gasteiger partial charge in [0.05, 0.1) is 0 Å². The number of fused-ring (bicyclic) bond motifs is 1. The Bertz CT molecular complexity index is 1220. The predicted octanol–water partition coefficient (Wildman–Crippen LogP) is 4.66. The van der Waals surface area contributed by atoms with E-state index in [1.807, 2.05) is 53.3 Å². The molecule has 1 fully saturated rings. The van der Waals surface area contributed by atoms with Crippen LogP contribution in [0.3, 0.4) is 0 Å². The molecule has 2 atom stereocenters. The van der Waals surface area contributed by atoms with Crippen molar-refractivity contribution in [2.45, 2.75) is 27.2 Å². The van der Waals surface area contributed by atoms with Gasteiger partial charge in [0.2, 0.25) is 5.95 Å². The van der Waals surface area contributed by atoms with E-state index in [-0.39, 0.29) is 0 Å². The Morgan fingerprint density at radius 2 is 1.75 bits per heavy atom. The minimum absolute atomic E-state index is 0.528. The second-order valence-electron chi connectivity index (χ2n) is 8.56. The Labute approximate surface area is 187 Å². The first kappa shape index (κ1) is 20.2. The molecule has 0 radical (unpaired) electrons. The van der Waals surface area contributed by atoms with Crippen LogP contribution in [0.4, 0.5) is 29.1 Å². The number of pyridine rings is 2. The minimum Gasteiger partial charge on any atom is -0.356 e. The van der Waals surface area contributed by atoms with Crippen molar-refractivity contribution in [1.82, 2.24) is 24.3 Å². The van der Waals surface area contributed by atoms with E-state index in [1.54, 1.807) is 6.20 Å². The van der Waals surface area contributed by atoms with E-state index < -0.39 is 0 Å². The number of rotatable bonds is 6. The Kier molecular flexibility index (Phi) is 5.34. The molecule has 0 spiro atoms. The fourth-order valence-electron chi connectivity index (χ4n) is 4.05. The maximum atomic E-state index is 4.83. The molecule has 2 N–H and O–H groups in total. The average Bonchev–Trinajstić information content (AvgIpc) is 3.39. The van der Waals surface area contributed by atoms with E-state index >= 15 is 0 Å². The molecule has 0 bridgehead atoms. The number of anilines is 5. The molecule has 5 heterocycles. The van der Waals surface area contributed by atoms with Gasteiger partial charge in [0, 0.05) is 55.7 Å². The molecule has 0 aliphatic carbocycles. The van der Waals surface area contributed by atoms with Crippen LogP contribution in [0.5, 0.6) is 0 Å². The number of hydrogen-bond acceptors (Lipinski definition) is 7. The van der Waals surface area contributed by atoms with Gasteiger partial charge in [-0.3, -0.25) is 0 Å². The van der Waals surface area contributed by atoms with Crippen LogP contribution in [-0.4, -0.2) is 37.4 Å². The third kappa shape index (κ3) is 4.21. The maximum Gasteiger partial charge on any atom is 0.232 e. The molecule has 5 rings (SSSR count). The van der Waals surface area contributed by atoms with Gasteiger partial charge in [-0.25, -0.2) is 9.97 Å². The van der Waals surface area contributed by atoms with Gasteiger partial charge in [-0.1, -0.05) is 20.8 Å². The highest BCUT2D eigenvalue weighted by atomic mass is 15.3. The topological polar surface area (TPSA) is 83.3 Å². The van der Waals surface area contributed by atoms with E-state index in [4.69, 9.17) is 9.97 Å². The van der Waals surface area contributed by atoms with Gasteiger partial charge in [-0.15, -0.1) is 0 Å². The lowest BCUT2D eigenvalue weighted by Crippen LogP contribution is -2.21. The van der Waals surface area contributed by atoms with Crippen LogP contribution >= 0.6 is 0 Å². The molecule has 32 heavy (non-hydrogen) atoms. The molecule has 8 heteroatoms. The third-order valence-corrected chi connectivity index (χ3v) is 6.17. The molecule has 1 saturated heterocycles. The lowest BCUT2D eigenvalue weighted by molar-refractivity contribution is 0.494. The molecule has 164 valence electrons. The van der Waals surface area contributed by atoms with Crippen LogP contribution in [0.1, 0.15) is 26.3 Å². The van der Waals surface area contributed by atoms with Crippen LogP contribution in [0.25, 0.3) is 5.65 Å². The zero-order chi connectivity index (χ0) is 22.1. The molecule has 8 nitrogen and oxygen atoms in total. The van der Waals surface area contributed by atoms with Gasteiger partial charge < -0.3 is 19.9 Å². The minimum atomic E-state index is 0.528. The van der Waals surface area contributed by atoms with Gasteiger partial charge in [-0.05, 0) is 42.0 Å². The first-order valence-electron chi connectivity index (χ1n) is 11.1. The quantitative estimate of drug-likeness (QED) is 0.462. The predicted molar refractivity (Wildman–Crippen MR) is 128 cm³/mol. The standard InChI is InChI=1S/C24H28N8/c1-4-18-5-7-25-20(11-18)28-24-29-21(13-23(30-24)32-14-16(2)17(3)15-32)27-19-6-9-31-10-8-26-22(31)12-19/h5-13,16-17H,4,14-15H2,1-3H3,(H2,25,27,28,29,30)/t16-,17-/m1/s1. The van der Waals surface area contributed by atoms with E-state index in [2.05, 4.69) is 46.3 Å². The van der Waals surface area contributed by atoms with E-state index in [0.29, 0.717) is 17.8 Å². The highest BCUT2D eigenvalue weighted by Crippen LogP contribution is 2.30. The molecular weight excluding hydrogens is 400 g/mol. The fraction of sp³-hybridized carbons (Fsp3) is 0.333. The van der Waals surface area contributed by atoms with Crippen LogP contribution in [0, 0.1) is 11.8 Å². The molecule has 4 aromatic rings. The summed E-state index contributed by atoms with van der Waals surface area (Å²) in [5.41, 5.74) is 3.02. The molecule has 0 unspecified atom stereocenters. The van der Waals surface area contributed by atoms with Gasteiger partial charge in [0.25, 0.3) is 0 Å². The van der Waals surface area contributed by atoms with E-state index in [9.17, 15) is 0 Å². The summed E-state index contributed by atoms with van der Waals surface area (Å²) in [6, 6.07) is 10.1. The molecule has 1 aliphatic rings. The summed E-state index contributed by atoms with van der Waals surface area (Å²) in [6.07, 6.45) is 8.46. The molecule has 0 amide bonds. The molecule has 0 saturated carbocycles. The number of imidazole rings is 1. The summed E-state index contributed by atoms with van der Waals surface area (Å²) in [7, 11) is 0. The summed E-state index contributed by atoms with van der Waals surface area (Å²) in [4.78, 5) is 20.7. The lowest BCUT2D eigenvalue weighted by atomic mass is 10.0. The molecule has 4 aromatic heterocycles. The largest absolute Gasteiger partial charge is 0.356 e. The van der Waals surface area contributed by atoms with Crippen LogP contribution < -0.4 is 15.5 Å². The van der Waals surface area contributed by atoms with E-state index in [1.165, 1.54) is 5.56 Å². The second kappa shape index (κ2) is 8.45. The monoisotopic (exact) mass is 428 g/mol. The number of aromatic nitrogens is 5. The van der Waals surface area contributed by atoms with Crippen molar-refractivity contribution in [2.75, 3.05) is 28.6 Å². The highest BCUT2D eigenvalue weighted by Gasteiger charge is 2.27. The Morgan fingerprint density at radius 3 is 2.56 bits per heavy atom. The zero-order valence-electron chi connectivity index (χ0n) is 18.7. The van der Waals surface area contributed by atoms with Gasteiger partial charge in [-0.2, -0.15) is 9.97 Å². The summed E-state index contributed by atoms with van der Waals surface area (Å²) < 4.78 is 1.98. The number of hydrogen-bond donors (Lipinski definition) is 2. The second-order valence-corrected chi connectivity index (χ2v) is 8.56. The summed E-state index contributed by atoms with van der Waals surface area (Å²) in [5.74, 6) is 4.17. The number of nitrogens with one attached hydrogen (secondary N) is 2. The van der Waals surface area contributed by atoms with Gasteiger partial charge in [0.1, 0.15) is 23.1 Å². The van der Waals surface area contributed by atoms with Crippen molar-refractivity contribution in [3.63, 3.8) is 0 Å². The number of aryl methyl sites for hydroxylation is 1. The Hall–Kier alpha value is -3.68. The Balaban J connectivity index is 1.48. The van der Waals surface area contributed by atoms with Gasteiger partial charge in [0.15, 0.2) is 0 Å². The molecule has 0 aromatic carbocycles. The first-order chi connectivity index (χ1) is 15.6. The maximum absolute atomic E-state index is 4.83. The molecular formula is C24H28N8. The third-order valence-electron chi connectivity index (χ3n) is 6.17. The summed E-state index contributed by atoms with van der Waals surface area (Å²) in [6.45, 7) is 8.69. The van der Waals surface area contributed by atoms with Crippen LogP contribution in [-0.2, 0) is 6.42 Å². The van der Waals surface area contributed by atoms with Crippen LogP contribution in [0.15, 0.2) is 55.1 Å². The average molecular weight is 429 g/mol. The van der Waals surface area contributed by atoms with Crippen molar-refractivity contribution in [3.05, 3.63) is 60.7 Å². The van der Waals surface area contributed by atoms with E-state index in [0.717, 1.165) is 48.3 Å². The van der Waals surface area contributed by atoms with Crippen molar-refractivity contribution in [1.29, 1.82) is 0 Å². The number of nitrogens with zero attached hydrogens (tertiary/aromatic N) is 6. The Morgan fingerprint density at radius 1 is 0.906 bits per heavy atom. The first-order valence-corrected chi connectivity index (χ1v) is 11.1. The summed E-state index contributed by atoms with van der Waals surface area (Å²) >= 11 is 0. The van der Waals surface area contributed by atoms with Crippen molar-refractivity contribution in [2.24, 2.45) is 11.8 Å².